The van der Waals surface area contributed by atoms with Gasteiger partial charge in [0.25, 0.3) is 0 Å². The van der Waals surface area contributed by atoms with Crippen LogP contribution < -0.4 is 5.32 Å². The van der Waals surface area contributed by atoms with Crippen molar-refractivity contribution in [1.29, 1.82) is 5.26 Å². The molecular weight excluding hydrogens is 220 g/mol. The van der Waals surface area contributed by atoms with Crippen molar-refractivity contribution in [2.75, 3.05) is 6.54 Å². The lowest BCUT2D eigenvalue weighted by Crippen LogP contribution is -2.22. The van der Waals surface area contributed by atoms with Crippen LogP contribution >= 0.6 is 0 Å². The van der Waals surface area contributed by atoms with E-state index in [2.05, 4.69) is 56.4 Å². The third kappa shape index (κ3) is 3.34. The molecule has 1 aromatic rings. The molecule has 1 aliphatic carbocycles. The lowest BCUT2D eigenvalue weighted by Gasteiger charge is -2.20. The van der Waals surface area contributed by atoms with Crippen LogP contribution in [0.2, 0.25) is 0 Å². The molecule has 0 spiro atoms. The molecular formula is C16H22N2. The molecule has 2 heteroatoms. The van der Waals surface area contributed by atoms with Crippen LogP contribution in [0.25, 0.3) is 0 Å². The summed E-state index contributed by atoms with van der Waals surface area (Å²) in [5.74, 6) is 0.801. The third-order valence-corrected chi connectivity index (χ3v) is 3.55. The molecule has 2 rings (SSSR count). The van der Waals surface area contributed by atoms with Gasteiger partial charge in [-0.05, 0) is 41.8 Å². The first kappa shape index (κ1) is 13.1. The molecule has 0 amide bonds. The minimum Gasteiger partial charge on any atom is -0.298 e. The van der Waals surface area contributed by atoms with E-state index >= 15 is 0 Å². The fourth-order valence-electron chi connectivity index (χ4n) is 2.02. The quantitative estimate of drug-likeness (QED) is 0.876. The van der Waals surface area contributed by atoms with Gasteiger partial charge in [0.2, 0.25) is 0 Å². The third-order valence-electron chi connectivity index (χ3n) is 3.55. The van der Waals surface area contributed by atoms with E-state index in [9.17, 15) is 5.26 Å². The van der Waals surface area contributed by atoms with Crippen molar-refractivity contribution < 1.29 is 0 Å². The maximum atomic E-state index is 9.23. The molecule has 1 fully saturated rings. The Morgan fingerprint density at radius 1 is 1.28 bits per heavy atom. The standard InChI is InChI=1S/C16H22N2/c1-16(2,3)14-8-6-13(7-9-14)15(10-17)18-11-12-4-5-12/h6-9,12,15,18H,4-5,11H2,1-3H3. The molecule has 2 nitrogen and oxygen atoms in total. The molecule has 1 N–H and O–H groups in total. The van der Waals surface area contributed by atoms with Crippen molar-refractivity contribution in [3.63, 3.8) is 0 Å². The van der Waals surface area contributed by atoms with Crippen molar-refractivity contribution in [1.82, 2.24) is 5.32 Å². The lowest BCUT2D eigenvalue weighted by atomic mass is 9.86. The van der Waals surface area contributed by atoms with Crippen LogP contribution in [0.15, 0.2) is 24.3 Å². The summed E-state index contributed by atoms with van der Waals surface area (Å²) < 4.78 is 0. The Kier molecular flexibility index (Phi) is 3.73. The van der Waals surface area contributed by atoms with E-state index in [1.807, 2.05) is 0 Å². The van der Waals surface area contributed by atoms with E-state index in [0.717, 1.165) is 18.0 Å². The molecule has 0 heterocycles. The van der Waals surface area contributed by atoms with E-state index < -0.39 is 0 Å². The second-order valence-electron chi connectivity index (χ2n) is 6.29. The first-order valence-corrected chi connectivity index (χ1v) is 6.74. The number of nitrogens with zero attached hydrogens (tertiary/aromatic N) is 1. The summed E-state index contributed by atoms with van der Waals surface area (Å²) in [4.78, 5) is 0. The lowest BCUT2D eigenvalue weighted by molar-refractivity contribution is 0.582. The molecule has 1 aromatic carbocycles. The topological polar surface area (TPSA) is 35.8 Å². The summed E-state index contributed by atoms with van der Waals surface area (Å²) in [5, 5.41) is 12.6. The number of nitrogens with one attached hydrogen (secondary N) is 1. The van der Waals surface area contributed by atoms with E-state index in [1.54, 1.807) is 0 Å². The van der Waals surface area contributed by atoms with Crippen molar-refractivity contribution in [2.45, 2.75) is 45.1 Å². The molecule has 0 radical (unpaired) electrons. The van der Waals surface area contributed by atoms with Crippen LogP contribution in [0.4, 0.5) is 0 Å². The molecule has 0 aliphatic heterocycles. The highest BCUT2D eigenvalue weighted by molar-refractivity contribution is 5.31. The van der Waals surface area contributed by atoms with E-state index in [0.29, 0.717) is 0 Å². The van der Waals surface area contributed by atoms with Crippen LogP contribution in [0.5, 0.6) is 0 Å². The molecule has 0 aromatic heterocycles. The minimum atomic E-state index is -0.167. The maximum absolute atomic E-state index is 9.23. The Balaban J connectivity index is 2.04. The van der Waals surface area contributed by atoms with Gasteiger partial charge in [-0.2, -0.15) is 5.26 Å². The van der Waals surface area contributed by atoms with Gasteiger partial charge in [-0.3, -0.25) is 5.32 Å². The number of hydrogen-bond acceptors (Lipinski definition) is 2. The molecule has 1 atom stereocenters. The highest BCUT2D eigenvalue weighted by Crippen LogP contribution is 2.29. The number of benzene rings is 1. The molecule has 1 aliphatic rings. The minimum absolute atomic E-state index is 0.167. The second-order valence-corrected chi connectivity index (χ2v) is 6.29. The monoisotopic (exact) mass is 242 g/mol. The van der Waals surface area contributed by atoms with Crippen molar-refractivity contribution in [3.8, 4) is 6.07 Å². The fourth-order valence-corrected chi connectivity index (χ4v) is 2.02. The molecule has 18 heavy (non-hydrogen) atoms. The van der Waals surface area contributed by atoms with Crippen LogP contribution in [-0.2, 0) is 5.41 Å². The van der Waals surface area contributed by atoms with Gasteiger partial charge in [0.05, 0.1) is 6.07 Å². The van der Waals surface area contributed by atoms with E-state index in [-0.39, 0.29) is 11.5 Å². The zero-order chi connectivity index (χ0) is 13.2. The normalized spacial score (nSPS) is 17.2. The number of rotatable bonds is 4. The smallest absolute Gasteiger partial charge is 0.121 e. The molecule has 0 bridgehead atoms. The van der Waals surface area contributed by atoms with E-state index in [1.165, 1.54) is 18.4 Å². The van der Waals surface area contributed by atoms with Crippen molar-refractivity contribution >= 4 is 0 Å². The summed E-state index contributed by atoms with van der Waals surface area (Å²) in [5.41, 5.74) is 2.55. The average molecular weight is 242 g/mol. The Labute approximate surface area is 110 Å². The number of hydrogen-bond donors (Lipinski definition) is 1. The van der Waals surface area contributed by atoms with Gasteiger partial charge in [-0.1, -0.05) is 45.0 Å². The average Bonchev–Trinajstić information content (AvgIpc) is 3.13. The fraction of sp³-hybridized carbons (Fsp3) is 0.562. The predicted molar refractivity (Wildman–Crippen MR) is 74.2 cm³/mol. The van der Waals surface area contributed by atoms with E-state index in [4.69, 9.17) is 0 Å². The Bertz CT molecular complexity index is 430. The first-order chi connectivity index (χ1) is 8.50. The van der Waals surface area contributed by atoms with Gasteiger partial charge in [-0.25, -0.2) is 0 Å². The molecule has 1 saturated carbocycles. The Hall–Kier alpha value is -1.33. The van der Waals surface area contributed by atoms with Gasteiger partial charge in [0.15, 0.2) is 0 Å². The summed E-state index contributed by atoms with van der Waals surface area (Å²) >= 11 is 0. The van der Waals surface area contributed by atoms with Crippen LogP contribution in [0, 0.1) is 17.2 Å². The van der Waals surface area contributed by atoms with Crippen LogP contribution in [0.1, 0.15) is 50.8 Å². The number of nitriles is 1. The maximum Gasteiger partial charge on any atom is 0.121 e. The highest BCUT2D eigenvalue weighted by atomic mass is 14.9. The zero-order valence-electron chi connectivity index (χ0n) is 11.5. The highest BCUT2D eigenvalue weighted by Gasteiger charge is 2.22. The summed E-state index contributed by atoms with van der Waals surface area (Å²) in [6, 6.07) is 10.6. The second kappa shape index (κ2) is 5.12. The largest absolute Gasteiger partial charge is 0.298 e. The van der Waals surface area contributed by atoms with Crippen LogP contribution in [-0.4, -0.2) is 6.54 Å². The Morgan fingerprint density at radius 2 is 1.89 bits per heavy atom. The molecule has 0 saturated heterocycles. The van der Waals surface area contributed by atoms with Gasteiger partial charge in [0, 0.05) is 0 Å². The molecule has 96 valence electrons. The first-order valence-electron chi connectivity index (χ1n) is 6.74. The van der Waals surface area contributed by atoms with Crippen molar-refractivity contribution in [2.24, 2.45) is 5.92 Å². The van der Waals surface area contributed by atoms with Crippen molar-refractivity contribution in [3.05, 3.63) is 35.4 Å². The predicted octanol–water partition coefficient (Wildman–Crippen LogP) is 3.55. The Morgan fingerprint density at radius 3 is 2.33 bits per heavy atom. The SMILES string of the molecule is CC(C)(C)c1ccc(C(C#N)NCC2CC2)cc1. The summed E-state index contributed by atoms with van der Waals surface area (Å²) in [6.45, 7) is 7.58. The summed E-state index contributed by atoms with van der Waals surface area (Å²) in [6.07, 6.45) is 2.63. The van der Waals surface area contributed by atoms with Gasteiger partial charge in [0.1, 0.15) is 6.04 Å². The van der Waals surface area contributed by atoms with Crippen LogP contribution in [0.3, 0.4) is 0 Å². The summed E-state index contributed by atoms with van der Waals surface area (Å²) in [7, 11) is 0. The van der Waals surface area contributed by atoms with Gasteiger partial charge < -0.3 is 0 Å². The molecule has 1 unspecified atom stereocenters. The zero-order valence-corrected chi connectivity index (χ0v) is 11.5. The van der Waals surface area contributed by atoms with Gasteiger partial charge >= 0.3 is 0 Å². The van der Waals surface area contributed by atoms with Gasteiger partial charge in [-0.15, -0.1) is 0 Å².